The zero-order chi connectivity index (χ0) is 17.7. The summed E-state index contributed by atoms with van der Waals surface area (Å²) in [7, 11) is 0. The highest BCUT2D eigenvalue weighted by atomic mass is 16.5. The molecular formula is C21H20O4. The van der Waals surface area contributed by atoms with E-state index >= 15 is 0 Å². The Morgan fingerprint density at radius 3 is 1.60 bits per heavy atom. The summed E-state index contributed by atoms with van der Waals surface area (Å²) in [6, 6.07) is 15.8. The first-order valence-corrected chi connectivity index (χ1v) is 8.61. The molecule has 1 N–H and O–H groups in total. The van der Waals surface area contributed by atoms with E-state index < -0.39 is 23.8 Å². The van der Waals surface area contributed by atoms with Crippen molar-refractivity contribution in [3.63, 3.8) is 0 Å². The predicted octanol–water partition coefficient (Wildman–Crippen LogP) is 3.55. The summed E-state index contributed by atoms with van der Waals surface area (Å²) in [6.45, 7) is 3.58. The number of carboxylic acid groups (broad SMARTS) is 1. The summed E-state index contributed by atoms with van der Waals surface area (Å²) in [4.78, 5) is 25.0. The first kappa shape index (κ1) is 15.9. The number of carboxylic acids is 1. The predicted molar refractivity (Wildman–Crippen MR) is 92.4 cm³/mol. The van der Waals surface area contributed by atoms with Crippen LogP contribution in [0.3, 0.4) is 0 Å². The average Bonchev–Trinajstić information content (AvgIpc) is 2.60. The molecule has 128 valence electrons. The molecule has 0 unspecified atom stereocenters. The summed E-state index contributed by atoms with van der Waals surface area (Å²) < 4.78 is 5.45. The minimum absolute atomic E-state index is 0.270. The van der Waals surface area contributed by atoms with Crippen LogP contribution in [0.15, 0.2) is 48.5 Å². The van der Waals surface area contributed by atoms with Crippen molar-refractivity contribution in [2.24, 2.45) is 11.8 Å². The van der Waals surface area contributed by atoms with E-state index in [1.54, 1.807) is 13.8 Å². The molecule has 3 aliphatic carbocycles. The van der Waals surface area contributed by atoms with Gasteiger partial charge in [0.1, 0.15) is 0 Å². The van der Waals surface area contributed by atoms with Gasteiger partial charge in [-0.3, -0.25) is 9.59 Å². The quantitative estimate of drug-likeness (QED) is 0.871. The average molecular weight is 336 g/mol. The summed E-state index contributed by atoms with van der Waals surface area (Å²) in [5, 5.41) is 9.96. The Hall–Kier alpha value is -2.62. The maximum absolute atomic E-state index is 12.8. The molecular weight excluding hydrogens is 316 g/mol. The second-order valence-corrected chi connectivity index (χ2v) is 7.09. The highest BCUT2D eigenvalue weighted by Crippen LogP contribution is 2.58. The number of hydrogen-bond acceptors (Lipinski definition) is 3. The van der Waals surface area contributed by atoms with E-state index in [-0.39, 0.29) is 17.9 Å². The van der Waals surface area contributed by atoms with Crippen LogP contribution < -0.4 is 0 Å². The molecule has 0 amide bonds. The van der Waals surface area contributed by atoms with E-state index in [1.807, 2.05) is 48.5 Å². The Bertz CT molecular complexity index is 807. The maximum atomic E-state index is 12.8. The van der Waals surface area contributed by atoms with Crippen LogP contribution in [-0.2, 0) is 14.3 Å². The lowest BCUT2D eigenvalue weighted by Gasteiger charge is -2.48. The molecule has 25 heavy (non-hydrogen) atoms. The van der Waals surface area contributed by atoms with Crippen LogP contribution in [0.4, 0.5) is 0 Å². The van der Waals surface area contributed by atoms with E-state index in [2.05, 4.69) is 0 Å². The second-order valence-electron chi connectivity index (χ2n) is 7.09. The molecule has 0 saturated heterocycles. The van der Waals surface area contributed by atoms with E-state index in [0.29, 0.717) is 0 Å². The van der Waals surface area contributed by atoms with Gasteiger partial charge >= 0.3 is 11.9 Å². The zero-order valence-electron chi connectivity index (χ0n) is 14.2. The number of esters is 1. The van der Waals surface area contributed by atoms with Crippen molar-refractivity contribution >= 4 is 11.9 Å². The van der Waals surface area contributed by atoms with Crippen molar-refractivity contribution in [1.82, 2.24) is 0 Å². The molecule has 4 nitrogen and oxygen atoms in total. The Labute approximate surface area is 146 Å². The molecule has 0 saturated carbocycles. The zero-order valence-corrected chi connectivity index (χ0v) is 14.2. The Balaban J connectivity index is 1.95. The summed E-state index contributed by atoms with van der Waals surface area (Å²) in [5.74, 6) is -3.45. The van der Waals surface area contributed by atoms with Gasteiger partial charge in [-0.25, -0.2) is 0 Å². The molecule has 2 aromatic rings. The fraction of sp³-hybridized carbons (Fsp3) is 0.333. The third kappa shape index (κ3) is 2.28. The number of ether oxygens (including phenoxy) is 1. The van der Waals surface area contributed by atoms with Gasteiger partial charge in [0, 0.05) is 11.8 Å². The minimum Gasteiger partial charge on any atom is -0.481 e. The Kier molecular flexibility index (Phi) is 3.64. The molecule has 4 heteroatoms. The van der Waals surface area contributed by atoms with E-state index in [4.69, 9.17) is 4.74 Å². The van der Waals surface area contributed by atoms with Crippen molar-refractivity contribution < 1.29 is 19.4 Å². The number of carbonyl (C=O) groups excluding carboxylic acids is 1. The van der Waals surface area contributed by atoms with E-state index in [9.17, 15) is 14.7 Å². The van der Waals surface area contributed by atoms with Crippen LogP contribution in [0, 0.1) is 11.8 Å². The summed E-state index contributed by atoms with van der Waals surface area (Å²) >= 11 is 0. The highest BCUT2D eigenvalue weighted by Gasteiger charge is 2.56. The molecule has 3 aliphatic rings. The van der Waals surface area contributed by atoms with Gasteiger partial charge in [0.25, 0.3) is 0 Å². The van der Waals surface area contributed by atoms with Crippen molar-refractivity contribution in [3.05, 3.63) is 70.8 Å². The smallest absolute Gasteiger partial charge is 0.311 e. The lowest BCUT2D eigenvalue weighted by Crippen LogP contribution is -2.47. The van der Waals surface area contributed by atoms with Gasteiger partial charge in [-0.15, -0.1) is 0 Å². The van der Waals surface area contributed by atoms with Gasteiger partial charge in [-0.2, -0.15) is 0 Å². The number of rotatable bonds is 3. The monoisotopic (exact) mass is 336 g/mol. The Morgan fingerprint density at radius 2 is 1.24 bits per heavy atom. The van der Waals surface area contributed by atoms with Gasteiger partial charge in [0.15, 0.2) is 0 Å². The molecule has 0 radical (unpaired) electrons. The molecule has 0 spiro atoms. The number of fused-ring (bicyclic) bond motifs is 1. The molecule has 2 atom stereocenters. The molecule has 0 aromatic heterocycles. The van der Waals surface area contributed by atoms with Gasteiger partial charge < -0.3 is 9.84 Å². The molecule has 5 rings (SSSR count). The van der Waals surface area contributed by atoms with Crippen LogP contribution >= 0.6 is 0 Å². The third-order valence-electron chi connectivity index (χ3n) is 5.35. The van der Waals surface area contributed by atoms with Crippen LogP contribution in [0.1, 0.15) is 47.9 Å². The van der Waals surface area contributed by atoms with Crippen molar-refractivity contribution in [2.45, 2.75) is 31.8 Å². The third-order valence-corrected chi connectivity index (χ3v) is 5.35. The Morgan fingerprint density at radius 1 is 0.840 bits per heavy atom. The number of benzene rings is 2. The van der Waals surface area contributed by atoms with Crippen LogP contribution in [0.5, 0.6) is 0 Å². The summed E-state index contributed by atoms with van der Waals surface area (Å²) in [5.41, 5.74) is 4.14. The fourth-order valence-corrected chi connectivity index (χ4v) is 4.57. The van der Waals surface area contributed by atoms with Crippen molar-refractivity contribution in [3.8, 4) is 0 Å². The van der Waals surface area contributed by atoms with Gasteiger partial charge in [0.05, 0.1) is 17.9 Å². The molecule has 0 heterocycles. The molecule has 0 fully saturated rings. The SMILES string of the molecule is CC(C)OC(=O)[C@@H]1C2c3ccccc3C(c3ccccc32)[C@H]1C(=O)O. The number of aliphatic carboxylic acids is 1. The summed E-state index contributed by atoms with van der Waals surface area (Å²) in [6.07, 6.45) is -0.270. The lowest BCUT2D eigenvalue weighted by molar-refractivity contribution is -0.163. The van der Waals surface area contributed by atoms with Gasteiger partial charge in [-0.05, 0) is 36.1 Å². The van der Waals surface area contributed by atoms with E-state index in [1.165, 1.54) is 0 Å². The normalized spacial score (nSPS) is 26.0. The largest absolute Gasteiger partial charge is 0.481 e. The first-order chi connectivity index (χ1) is 12.0. The van der Waals surface area contributed by atoms with Crippen LogP contribution in [0.25, 0.3) is 0 Å². The fourth-order valence-electron chi connectivity index (χ4n) is 4.57. The molecule has 2 aromatic carbocycles. The first-order valence-electron chi connectivity index (χ1n) is 8.61. The topological polar surface area (TPSA) is 63.6 Å². The van der Waals surface area contributed by atoms with E-state index in [0.717, 1.165) is 22.3 Å². The molecule has 0 aliphatic heterocycles. The standard InChI is InChI=1S/C21H20O4/c1-11(2)25-21(24)19-17-14-9-5-3-7-12(14)16(18(19)20(22)23)13-8-4-6-10-15(13)17/h3-11,16-19H,1-2H3,(H,22,23)/t16?,17?,18-,19-/m1/s1. The van der Waals surface area contributed by atoms with Gasteiger partial charge in [-0.1, -0.05) is 48.5 Å². The highest BCUT2D eigenvalue weighted by molar-refractivity contribution is 5.87. The van der Waals surface area contributed by atoms with Crippen LogP contribution in [-0.4, -0.2) is 23.1 Å². The lowest BCUT2D eigenvalue weighted by atomic mass is 9.54. The van der Waals surface area contributed by atoms with Gasteiger partial charge in [0.2, 0.25) is 0 Å². The van der Waals surface area contributed by atoms with Crippen molar-refractivity contribution in [2.75, 3.05) is 0 Å². The molecule has 2 bridgehead atoms. The number of carbonyl (C=O) groups is 2. The number of hydrogen-bond donors (Lipinski definition) is 1. The second kappa shape index (κ2) is 5.73. The maximum Gasteiger partial charge on any atom is 0.311 e. The van der Waals surface area contributed by atoms with Crippen molar-refractivity contribution in [1.29, 1.82) is 0 Å². The minimum atomic E-state index is -0.940. The van der Waals surface area contributed by atoms with Crippen LogP contribution in [0.2, 0.25) is 0 Å².